The monoisotopic (exact) mass is 386 g/mol. The van der Waals surface area contributed by atoms with Crippen LogP contribution in [-0.4, -0.2) is 19.2 Å². The summed E-state index contributed by atoms with van der Waals surface area (Å²) in [6.07, 6.45) is 8.96. The second-order valence-electron chi connectivity index (χ2n) is 9.16. The van der Waals surface area contributed by atoms with Crippen molar-refractivity contribution in [1.82, 2.24) is 19.2 Å². The zero-order chi connectivity index (χ0) is 20.1. The summed E-state index contributed by atoms with van der Waals surface area (Å²) >= 11 is 0. The molecule has 3 heterocycles. The van der Waals surface area contributed by atoms with Crippen LogP contribution in [0.3, 0.4) is 0 Å². The maximum atomic E-state index is 4.44. The Morgan fingerprint density at radius 1 is 1.07 bits per heavy atom. The van der Waals surface area contributed by atoms with Crippen LogP contribution in [0.15, 0.2) is 42.9 Å². The van der Waals surface area contributed by atoms with Gasteiger partial charge in [-0.3, -0.25) is 0 Å². The van der Waals surface area contributed by atoms with Gasteiger partial charge in [0, 0.05) is 28.7 Å². The molecule has 0 spiro atoms. The van der Waals surface area contributed by atoms with Gasteiger partial charge in [-0.25, -0.2) is 9.50 Å². The maximum absolute atomic E-state index is 4.44. The van der Waals surface area contributed by atoms with Gasteiger partial charge in [-0.1, -0.05) is 39.0 Å². The van der Waals surface area contributed by atoms with Gasteiger partial charge in [0.1, 0.15) is 6.33 Å². The number of fused-ring (bicyclic) bond motifs is 2. The third-order valence-corrected chi connectivity index (χ3v) is 6.71. The van der Waals surface area contributed by atoms with E-state index in [-0.39, 0.29) is 0 Å². The summed E-state index contributed by atoms with van der Waals surface area (Å²) in [4.78, 5) is 4.42. The number of benzene rings is 1. The Morgan fingerprint density at radius 3 is 2.59 bits per heavy atom. The molecule has 0 saturated heterocycles. The topological polar surface area (TPSA) is 35.1 Å². The predicted molar refractivity (Wildman–Crippen MR) is 119 cm³/mol. The standard InChI is InChI=1S/C25H30N4/c1-16(2)23-21-7-5-6-8-22(21)29(20-11-9-17(3)10-12-20)24(23)19-13-18(4)25-26-15-27-28(25)14-19/h5-8,13-17,20H,9-12H2,1-4H3. The first-order chi connectivity index (χ1) is 14.0. The fourth-order valence-electron chi connectivity index (χ4n) is 5.27. The lowest BCUT2D eigenvalue weighted by atomic mass is 9.87. The quantitative estimate of drug-likeness (QED) is 0.401. The summed E-state index contributed by atoms with van der Waals surface area (Å²) in [7, 11) is 0. The molecular weight excluding hydrogens is 356 g/mol. The van der Waals surface area contributed by atoms with E-state index in [1.165, 1.54) is 59.0 Å². The number of hydrogen-bond donors (Lipinski definition) is 0. The molecule has 0 radical (unpaired) electrons. The minimum atomic E-state index is 0.449. The summed E-state index contributed by atoms with van der Waals surface area (Å²) in [6, 6.07) is 11.8. The average Bonchev–Trinajstić information content (AvgIpc) is 3.31. The van der Waals surface area contributed by atoms with E-state index in [9.17, 15) is 0 Å². The molecule has 0 atom stereocenters. The van der Waals surface area contributed by atoms with Crippen molar-refractivity contribution in [2.24, 2.45) is 5.92 Å². The largest absolute Gasteiger partial charge is 0.337 e. The van der Waals surface area contributed by atoms with Crippen molar-refractivity contribution in [1.29, 1.82) is 0 Å². The lowest BCUT2D eigenvalue weighted by molar-refractivity contribution is 0.295. The highest BCUT2D eigenvalue weighted by Crippen LogP contribution is 2.44. The summed E-state index contributed by atoms with van der Waals surface area (Å²) in [5, 5.41) is 5.84. The third kappa shape index (κ3) is 2.97. The maximum Gasteiger partial charge on any atom is 0.158 e. The SMILES string of the molecule is Cc1cc(-c2c(C(C)C)c3ccccc3n2C2CCC(C)CC2)cn2ncnc12. The first-order valence-electron chi connectivity index (χ1n) is 11.0. The number of aromatic nitrogens is 4. The predicted octanol–water partition coefficient (Wildman–Crippen LogP) is 6.53. The van der Waals surface area contributed by atoms with Gasteiger partial charge in [0.2, 0.25) is 0 Å². The van der Waals surface area contributed by atoms with Crippen LogP contribution in [-0.2, 0) is 0 Å². The number of nitrogens with zero attached hydrogens (tertiary/aromatic N) is 4. The minimum Gasteiger partial charge on any atom is -0.337 e. The van der Waals surface area contributed by atoms with Crippen molar-refractivity contribution in [2.75, 3.05) is 0 Å². The van der Waals surface area contributed by atoms with Gasteiger partial charge in [0.05, 0.1) is 5.69 Å². The third-order valence-electron chi connectivity index (χ3n) is 6.71. The van der Waals surface area contributed by atoms with Crippen molar-refractivity contribution >= 4 is 16.6 Å². The van der Waals surface area contributed by atoms with E-state index in [4.69, 9.17) is 0 Å². The molecule has 4 nitrogen and oxygen atoms in total. The van der Waals surface area contributed by atoms with Crippen molar-refractivity contribution in [3.63, 3.8) is 0 Å². The highest BCUT2D eigenvalue weighted by molar-refractivity contribution is 5.93. The Balaban J connectivity index is 1.82. The van der Waals surface area contributed by atoms with E-state index < -0.39 is 0 Å². The second kappa shape index (κ2) is 7.01. The highest BCUT2D eigenvalue weighted by atomic mass is 15.3. The number of rotatable bonds is 3. The Labute approximate surface area is 172 Å². The number of hydrogen-bond acceptors (Lipinski definition) is 2. The molecule has 4 heteroatoms. The van der Waals surface area contributed by atoms with Gasteiger partial charge >= 0.3 is 0 Å². The Kier molecular flexibility index (Phi) is 4.45. The molecule has 1 fully saturated rings. The summed E-state index contributed by atoms with van der Waals surface area (Å²) < 4.78 is 4.59. The van der Waals surface area contributed by atoms with Crippen molar-refractivity contribution in [2.45, 2.75) is 65.3 Å². The van der Waals surface area contributed by atoms with Gasteiger partial charge in [0.15, 0.2) is 5.65 Å². The van der Waals surface area contributed by atoms with E-state index in [0.717, 1.165) is 11.6 Å². The fraction of sp³-hybridized carbons (Fsp3) is 0.440. The molecule has 0 N–H and O–H groups in total. The van der Waals surface area contributed by atoms with E-state index >= 15 is 0 Å². The normalized spacial score (nSPS) is 20.2. The summed E-state index contributed by atoms with van der Waals surface area (Å²) in [5.74, 6) is 1.29. The minimum absolute atomic E-state index is 0.449. The smallest absolute Gasteiger partial charge is 0.158 e. The van der Waals surface area contributed by atoms with E-state index in [1.54, 1.807) is 6.33 Å². The Morgan fingerprint density at radius 2 is 1.83 bits per heavy atom. The molecule has 0 unspecified atom stereocenters. The van der Waals surface area contributed by atoms with Crippen LogP contribution in [0, 0.1) is 12.8 Å². The zero-order valence-electron chi connectivity index (χ0n) is 17.9. The number of aryl methyl sites for hydroxylation is 1. The van der Waals surface area contributed by atoms with Crippen LogP contribution >= 0.6 is 0 Å². The molecule has 1 saturated carbocycles. The summed E-state index contributed by atoms with van der Waals surface area (Å²) in [5.41, 5.74) is 7.57. The van der Waals surface area contributed by atoms with Gasteiger partial charge in [-0.05, 0) is 67.7 Å². The molecule has 29 heavy (non-hydrogen) atoms. The molecule has 0 bridgehead atoms. The average molecular weight is 387 g/mol. The van der Waals surface area contributed by atoms with Gasteiger partial charge in [0.25, 0.3) is 0 Å². The second-order valence-corrected chi connectivity index (χ2v) is 9.16. The van der Waals surface area contributed by atoms with Crippen LogP contribution in [0.25, 0.3) is 27.8 Å². The molecule has 5 rings (SSSR count). The molecule has 1 aliphatic rings. The number of pyridine rings is 1. The fourth-order valence-corrected chi connectivity index (χ4v) is 5.27. The molecule has 3 aromatic heterocycles. The van der Waals surface area contributed by atoms with Gasteiger partial charge < -0.3 is 4.57 Å². The molecular formula is C25H30N4. The lowest BCUT2D eigenvalue weighted by Crippen LogP contribution is -2.18. The van der Waals surface area contributed by atoms with Crippen molar-refractivity contribution < 1.29 is 0 Å². The number of para-hydroxylation sites is 1. The first kappa shape index (κ1) is 18.4. The molecule has 1 aliphatic carbocycles. The zero-order valence-corrected chi connectivity index (χ0v) is 17.9. The van der Waals surface area contributed by atoms with Gasteiger partial charge in [-0.2, -0.15) is 5.10 Å². The highest BCUT2D eigenvalue weighted by Gasteiger charge is 2.28. The molecule has 0 amide bonds. The lowest BCUT2D eigenvalue weighted by Gasteiger charge is -2.30. The molecule has 1 aromatic carbocycles. The molecule has 150 valence electrons. The Hall–Kier alpha value is -2.62. The van der Waals surface area contributed by atoms with Crippen LogP contribution in [0.1, 0.15) is 69.5 Å². The van der Waals surface area contributed by atoms with Crippen molar-refractivity contribution in [3.05, 3.63) is 54.0 Å². The van der Waals surface area contributed by atoms with E-state index in [1.807, 2.05) is 4.52 Å². The van der Waals surface area contributed by atoms with E-state index in [2.05, 4.69) is 78.9 Å². The van der Waals surface area contributed by atoms with Crippen molar-refractivity contribution in [3.8, 4) is 11.3 Å². The van der Waals surface area contributed by atoms with Crippen LogP contribution < -0.4 is 0 Å². The van der Waals surface area contributed by atoms with Crippen LogP contribution in [0.4, 0.5) is 0 Å². The molecule has 0 aliphatic heterocycles. The molecule has 4 aromatic rings. The van der Waals surface area contributed by atoms with E-state index in [0.29, 0.717) is 12.0 Å². The first-order valence-corrected chi connectivity index (χ1v) is 11.0. The van der Waals surface area contributed by atoms with Crippen LogP contribution in [0.5, 0.6) is 0 Å². The summed E-state index contributed by atoms with van der Waals surface area (Å²) in [6.45, 7) is 9.17. The van der Waals surface area contributed by atoms with Crippen LogP contribution in [0.2, 0.25) is 0 Å². The van der Waals surface area contributed by atoms with Gasteiger partial charge in [-0.15, -0.1) is 0 Å². The Bertz CT molecular complexity index is 1170.